The number of allylic oxidation sites excluding steroid dienone is 3. The molecule has 0 saturated carbocycles. The van der Waals surface area contributed by atoms with E-state index in [9.17, 15) is 4.79 Å². The second kappa shape index (κ2) is 4.65. The van der Waals surface area contributed by atoms with Gasteiger partial charge in [-0.25, -0.2) is 0 Å². The Labute approximate surface area is 91.0 Å². The van der Waals surface area contributed by atoms with E-state index in [1.54, 1.807) is 0 Å². The SMILES string of the molecule is CCOC(=O)C1CCC2=C1C=CCCC2. The Bertz CT molecular complexity index is 312. The van der Waals surface area contributed by atoms with E-state index in [-0.39, 0.29) is 11.9 Å². The van der Waals surface area contributed by atoms with Crippen LogP contribution in [0.1, 0.15) is 39.0 Å². The van der Waals surface area contributed by atoms with E-state index in [1.807, 2.05) is 6.92 Å². The Morgan fingerprint density at radius 1 is 1.53 bits per heavy atom. The Hall–Kier alpha value is -1.05. The fourth-order valence-corrected chi connectivity index (χ4v) is 2.50. The molecule has 0 radical (unpaired) electrons. The van der Waals surface area contributed by atoms with Gasteiger partial charge in [-0.1, -0.05) is 17.7 Å². The van der Waals surface area contributed by atoms with Gasteiger partial charge in [0.25, 0.3) is 0 Å². The molecular formula is C13H18O2. The molecule has 2 rings (SSSR count). The Kier molecular flexibility index (Phi) is 3.24. The molecule has 2 aliphatic carbocycles. The summed E-state index contributed by atoms with van der Waals surface area (Å²) in [5, 5.41) is 0. The van der Waals surface area contributed by atoms with Crippen molar-refractivity contribution in [2.75, 3.05) is 6.61 Å². The fourth-order valence-electron chi connectivity index (χ4n) is 2.50. The number of carbonyl (C=O) groups excluding carboxylic acids is 1. The van der Waals surface area contributed by atoms with Crippen molar-refractivity contribution in [2.24, 2.45) is 5.92 Å². The fraction of sp³-hybridized carbons (Fsp3) is 0.615. The first kappa shape index (κ1) is 10.5. The molecular weight excluding hydrogens is 188 g/mol. The maximum atomic E-state index is 11.7. The molecule has 0 heterocycles. The molecule has 0 fully saturated rings. The van der Waals surface area contributed by atoms with Gasteiger partial charge in [0.1, 0.15) is 0 Å². The maximum Gasteiger partial charge on any atom is 0.313 e. The van der Waals surface area contributed by atoms with E-state index >= 15 is 0 Å². The number of hydrogen-bond donors (Lipinski definition) is 0. The van der Waals surface area contributed by atoms with Crippen LogP contribution in [0.3, 0.4) is 0 Å². The Balaban J connectivity index is 2.14. The monoisotopic (exact) mass is 206 g/mol. The van der Waals surface area contributed by atoms with Crippen LogP contribution in [-0.2, 0) is 9.53 Å². The van der Waals surface area contributed by atoms with Crippen molar-refractivity contribution in [3.8, 4) is 0 Å². The van der Waals surface area contributed by atoms with Gasteiger partial charge in [0.2, 0.25) is 0 Å². The van der Waals surface area contributed by atoms with Gasteiger partial charge in [-0.2, -0.15) is 0 Å². The van der Waals surface area contributed by atoms with Gasteiger partial charge < -0.3 is 4.74 Å². The normalized spacial score (nSPS) is 25.0. The first-order chi connectivity index (χ1) is 7.33. The van der Waals surface area contributed by atoms with E-state index in [1.165, 1.54) is 17.6 Å². The number of esters is 1. The van der Waals surface area contributed by atoms with Gasteiger partial charge in [0.05, 0.1) is 12.5 Å². The zero-order chi connectivity index (χ0) is 10.7. The van der Waals surface area contributed by atoms with Crippen LogP contribution in [-0.4, -0.2) is 12.6 Å². The summed E-state index contributed by atoms with van der Waals surface area (Å²) in [5.74, 6) is -0.0108. The van der Waals surface area contributed by atoms with Crippen molar-refractivity contribution in [1.82, 2.24) is 0 Å². The lowest BCUT2D eigenvalue weighted by atomic mass is 10.0. The predicted octanol–water partition coefficient (Wildman–Crippen LogP) is 3.00. The lowest BCUT2D eigenvalue weighted by Crippen LogP contribution is -2.16. The van der Waals surface area contributed by atoms with Gasteiger partial charge in [-0.05, 0) is 44.6 Å². The molecule has 1 unspecified atom stereocenters. The number of carbonyl (C=O) groups is 1. The third kappa shape index (κ3) is 2.14. The quantitative estimate of drug-likeness (QED) is 0.649. The van der Waals surface area contributed by atoms with E-state index in [2.05, 4.69) is 12.2 Å². The van der Waals surface area contributed by atoms with E-state index in [0.29, 0.717) is 6.61 Å². The van der Waals surface area contributed by atoms with Crippen LogP contribution in [0, 0.1) is 5.92 Å². The molecule has 0 aromatic rings. The third-order valence-corrected chi connectivity index (χ3v) is 3.24. The second-order valence-electron chi connectivity index (χ2n) is 4.20. The van der Waals surface area contributed by atoms with Crippen LogP contribution in [0.15, 0.2) is 23.3 Å². The summed E-state index contributed by atoms with van der Waals surface area (Å²) in [7, 11) is 0. The van der Waals surface area contributed by atoms with Gasteiger partial charge in [-0.15, -0.1) is 0 Å². The average Bonchev–Trinajstić information content (AvgIpc) is 2.48. The molecule has 2 aliphatic rings. The Morgan fingerprint density at radius 3 is 3.20 bits per heavy atom. The lowest BCUT2D eigenvalue weighted by Gasteiger charge is -2.10. The van der Waals surface area contributed by atoms with Crippen LogP contribution < -0.4 is 0 Å². The highest BCUT2D eigenvalue weighted by Gasteiger charge is 2.30. The minimum atomic E-state index is -0.0333. The number of ether oxygens (including phenoxy) is 1. The number of hydrogen-bond acceptors (Lipinski definition) is 2. The minimum absolute atomic E-state index is 0.0225. The summed E-state index contributed by atoms with van der Waals surface area (Å²) >= 11 is 0. The maximum absolute atomic E-state index is 11.7. The second-order valence-corrected chi connectivity index (χ2v) is 4.20. The van der Waals surface area contributed by atoms with E-state index in [0.717, 1.165) is 25.7 Å². The van der Waals surface area contributed by atoms with E-state index in [4.69, 9.17) is 4.74 Å². The highest BCUT2D eigenvalue weighted by molar-refractivity contribution is 5.78. The summed E-state index contributed by atoms with van der Waals surface area (Å²) in [6.45, 7) is 2.35. The van der Waals surface area contributed by atoms with Gasteiger partial charge in [0, 0.05) is 0 Å². The molecule has 0 aromatic carbocycles. The summed E-state index contributed by atoms with van der Waals surface area (Å²) in [4.78, 5) is 11.7. The molecule has 2 heteroatoms. The van der Waals surface area contributed by atoms with Crippen LogP contribution >= 0.6 is 0 Å². The van der Waals surface area contributed by atoms with Gasteiger partial charge >= 0.3 is 5.97 Å². The minimum Gasteiger partial charge on any atom is -0.466 e. The van der Waals surface area contributed by atoms with Gasteiger partial charge in [-0.3, -0.25) is 4.79 Å². The molecule has 0 saturated heterocycles. The first-order valence-electron chi connectivity index (χ1n) is 5.88. The zero-order valence-electron chi connectivity index (χ0n) is 9.29. The smallest absolute Gasteiger partial charge is 0.313 e. The van der Waals surface area contributed by atoms with Crippen LogP contribution in [0.2, 0.25) is 0 Å². The van der Waals surface area contributed by atoms with E-state index < -0.39 is 0 Å². The molecule has 0 N–H and O–H groups in total. The molecule has 0 bridgehead atoms. The highest BCUT2D eigenvalue weighted by atomic mass is 16.5. The molecule has 82 valence electrons. The molecule has 0 aromatic heterocycles. The number of rotatable bonds is 2. The molecule has 2 nitrogen and oxygen atoms in total. The van der Waals surface area contributed by atoms with Crippen molar-refractivity contribution in [1.29, 1.82) is 0 Å². The van der Waals surface area contributed by atoms with Gasteiger partial charge in [0.15, 0.2) is 0 Å². The Morgan fingerprint density at radius 2 is 2.40 bits per heavy atom. The first-order valence-corrected chi connectivity index (χ1v) is 5.88. The van der Waals surface area contributed by atoms with Crippen molar-refractivity contribution in [3.63, 3.8) is 0 Å². The molecule has 15 heavy (non-hydrogen) atoms. The van der Waals surface area contributed by atoms with Crippen molar-refractivity contribution in [3.05, 3.63) is 23.3 Å². The largest absolute Gasteiger partial charge is 0.466 e. The summed E-state index contributed by atoms with van der Waals surface area (Å²) in [5.41, 5.74) is 2.74. The molecule has 0 spiro atoms. The zero-order valence-corrected chi connectivity index (χ0v) is 9.29. The van der Waals surface area contributed by atoms with Crippen LogP contribution in [0.5, 0.6) is 0 Å². The molecule has 0 amide bonds. The third-order valence-electron chi connectivity index (χ3n) is 3.24. The summed E-state index contributed by atoms with van der Waals surface area (Å²) < 4.78 is 5.11. The predicted molar refractivity (Wildman–Crippen MR) is 59.4 cm³/mol. The topological polar surface area (TPSA) is 26.3 Å². The van der Waals surface area contributed by atoms with Crippen molar-refractivity contribution >= 4 is 5.97 Å². The summed E-state index contributed by atoms with van der Waals surface area (Å²) in [6.07, 6.45) is 9.92. The standard InChI is InChI=1S/C13H18O2/c1-2-15-13(14)12-9-8-10-6-4-3-5-7-11(10)12/h5,7,12H,2-4,6,8-9H2,1H3. The molecule has 0 aliphatic heterocycles. The molecule has 1 atom stereocenters. The van der Waals surface area contributed by atoms with Crippen LogP contribution in [0.4, 0.5) is 0 Å². The average molecular weight is 206 g/mol. The van der Waals surface area contributed by atoms with Crippen molar-refractivity contribution in [2.45, 2.75) is 39.0 Å². The summed E-state index contributed by atoms with van der Waals surface area (Å²) in [6, 6.07) is 0. The lowest BCUT2D eigenvalue weighted by molar-refractivity contribution is -0.146. The van der Waals surface area contributed by atoms with Crippen molar-refractivity contribution < 1.29 is 9.53 Å². The highest BCUT2D eigenvalue weighted by Crippen LogP contribution is 2.37. The van der Waals surface area contributed by atoms with Crippen LogP contribution in [0.25, 0.3) is 0 Å².